The van der Waals surface area contributed by atoms with Crippen LogP contribution in [-0.2, 0) is 23.9 Å². The number of Topliss-reactive ketones (excluding diaryl/α,β-unsaturated/α-hetero) is 1. The fourth-order valence-electron chi connectivity index (χ4n) is 5.46. The smallest absolute Gasteiger partial charge is 0.383 e. The summed E-state index contributed by atoms with van der Waals surface area (Å²) < 4.78 is 41.2. The number of amides is 3. The predicted molar refractivity (Wildman–Crippen MR) is 117 cm³/mol. The Balaban J connectivity index is 1.78. The number of carbonyl (C=O) groups is 4. The van der Waals surface area contributed by atoms with Gasteiger partial charge in [-0.15, -0.1) is 13.2 Å². The van der Waals surface area contributed by atoms with E-state index in [-0.39, 0.29) is 36.6 Å². The van der Waals surface area contributed by atoms with Crippen molar-refractivity contribution in [2.75, 3.05) is 13.2 Å². The van der Waals surface area contributed by atoms with Crippen LogP contribution in [-0.4, -0.2) is 77.3 Å². The first-order valence-corrected chi connectivity index (χ1v) is 12.2. The molecule has 0 aromatic rings. The molecule has 4 fully saturated rings. The first-order chi connectivity index (χ1) is 16.4. The minimum absolute atomic E-state index is 0.0522. The van der Waals surface area contributed by atoms with E-state index in [0.717, 1.165) is 0 Å². The molecule has 4 aliphatic rings. The zero-order chi connectivity index (χ0) is 25.9. The quantitative estimate of drug-likeness (QED) is 0.411. The van der Waals surface area contributed by atoms with E-state index in [1.165, 1.54) is 4.90 Å². The largest absolute Gasteiger partial charge is 0.522 e. The average molecular weight is 506 g/mol. The van der Waals surface area contributed by atoms with Crippen LogP contribution in [0, 0.1) is 17.8 Å². The molecule has 1 aliphatic carbocycles. The van der Waals surface area contributed by atoms with Crippen LogP contribution in [0.2, 0.25) is 0 Å². The van der Waals surface area contributed by atoms with Gasteiger partial charge >= 0.3 is 6.36 Å². The Kier molecular flexibility index (Phi) is 8.79. The highest BCUT2D eigenvalue weighted by atomic mass is 19.4. The maximum Gasteiger partial charge on any atom is 0.522 e. The molecule has 4 rings (SSSR count). The molecule has 12 heteroatoms. The number of nitrogens with zero attached hydrogens (tertiary/aromatic N) is 1. The molecule has 4 atom stereocenters. The summed E-state index contributed by atoms with van der Waals surface area (Å²) in [6, 6.07) is -2.54. The predicted octanol–water partition coefficient (Wildman–Crippen LogP) is 1.28. The van der Waals surface area contributed by atoms with E-state index in [2.05, 4.69) is 15.4 Å². The molecule has 0 unspecified atom stereocenters. The highest BCUT2D eigenvalue weighted by molar-refractivity contribution is 5.95. The summed E-state index contributed by atoms with van der Waals surface area (Å²) in [5.41, 5.74) is 0. The molecule has 1 saturated carbocycles. The first kappa shape index (κ1) is 27.4. The van der Waals surface area contributed by atoms with Crippen molar-refractivity contribution in [2.24, 2.45) is 17.8 Å². The van der Waals surface area contributed by atoms with Crippen LogP contribution < -0.4 is 10.6 Å². The summed E-state index contributed by atoms with van der Waals surface area (Å²) in [6.07, 6.45) is -3.08. The highest BCUT2D eigenvalue weighted by Crippen LogP contribution is 2.40. The Morgan fingerprint density at radius 2 is 1.83 bits per heavy atom. The zero-order valence-corrected chi connectivity index (χ0v) is 20.0. The van der Waals surface area contributed by atoms with Gasteiger partial charge in [0.1, 0.15) is 18.8 Å². The molecule has 3 saturated heterocycles. The number of aliphatic hydroxyl groups is 1. The SMILES string of the molecule is CC(C)C[C@@H](O)C(=O)N1C2CCC(CC2)[C@@H]1C(=O)N[C@@H](C[C@@H]1CCNC1=O)C(=O)COC(F)(F)F. The number of piperidine rings is 2. The zero-order valence-electron chi connectivity index (χ0n) is 20.0. The minimum Gasteiger partial charge on any atom is -0.383 e. The van der Waals surface area contributed by atoms with E-state index in [1.807, 2.05) is 13.8 Å². The second-order valence-electron chi connectivity index (χ2n) is 10.2. The summed E-state index contributed by atoms with van der Waals surface area (Å²) in [4.78, 5) is 52.6. The molecule has 0 radical (unpaired) electrons. The number of nitrogens with one attached hydrogen (secondary N) is 2. The highest BCUT2D eigenvalue weighted by Gasteiger charge is 2.49. The number of alkyl halides is 3. The van der Waals surface area contributed by atoms with Gasteiger partial charge in [0.05, 0.1) is 6.04 Å². The molecule has 0 aromatic carbocycles. The molecule has 3 N–H and O–H groups in total. The van der Waals surface area contributed by atoms with Crippen molar-refractivity contribution in [1.29, 1.82) is 0 Å². The van der Waals surface area contributed by atoms with Crippen LogP contribution in [0.5, 0.6) is 0 Å². The van der Waals surface area contributed by atoms with Gasteiger partial charge in [0, 0.05) is 18.5 Å². The number of ketones is 1. The van der Waals surface area contributed by atoms with Crippen molar-refractivity contribution in [1.82, 2.24) is 15.5 Å². The molecule has 9 nitrogen and oxygen atoms in total. The summed E-state index contributed by atoms with van der Waals surface area (Å²) in [6.45, 7) is 2.80. The van der Waals surface area contributed by atoms with E-state index in [9.17, 15) is 37.5 Å². The van der Waals surface area contributed by atoms with Crippen LogP contribution in [0.3, 0.4) is 0 Å². The van der Waals surface area contributed by atoms with E-state index >= 15 is 0 Å². The Morgan fingerprint density at radius 3 is 2.37 bits per heavy atom. The maximum atomic E-state index is 13.4. The van der Waals surface area contributed by atoms with Crippen LogP contribution in [0.4, 0.5) is 13.2 Å². The lowest BCUT2D eigenvalue weighted by Gasteiger charge is -2.51. The van der Waals surface area contributed by atoms with Gasteiger partial charge < -0.3 is 20.6 Å². The van der Waals surface area contributed by atoms with Crippen molar-refractivity contribution in [3.63, 3.8) is 0 Å². The number of rotatable bonds is 10. The van der Waals surface area contributed by atoms with Gasteiger partial charge in [0.15, 0.2) is 5.78 Å². The van der Waals surface area contributed by atoms with Gasteiger partial charge in [-0.1, -0.05) is 13.8 Å². The number of halogens is 3. The fraction of sp³-hybridized carbons (Fsp3) is 0.826. The molecule has 2 bridgehead atoms. The van der Waals surface area contributed by atoms with Crippen molar-refractivity contribution in [2.45, 2.75) is 89.4 Å². The number of aliphatic hydroxyl groups excluding tert-OH is 1. The van der Waals surface area contributed by atoms with Crippen molar-refractivity contribution < 1.29 is 42.2 Å². The van der Waals surface area contributed by atoms with Crippen LogP contribution >= 0.6 is 0 Å². The van der Waals surface area contributed by atoms with Crippen LogP contribution in [0.15, 0.2) is 0 Å². The molecule has 0 spiro atoms. The Bertz CT molecular complexity index is 813. The first-order valence-electron chi connectivity index (χ1n) is 12.2. The molecule has 3 aliphatic heterocycles. The summed E-state index contributed by atoms with van der Waals surface area (Å²) >= 11 is 0. The maximum absolute atomic E-state index is 13.4. The van der Waals surface area contributed by atoms with Crippen LogP contribution in [0.25, 0.3) is 0 Å². The van der Waals surface area contributed by atoms with E-state index in [0.29, 0.717) is 38.6 Å². The molecule has 35 heavy (non-hydrogen) atoms. The average Bonchev–Trinajstić information content (AvgIpc) is 3.19. The Labute approximate surface area is 202 Å². The third-order valence-electron chi connectivity index (χ3n) is 7.15. The number of fused-ring (bicyclic) bond motifs is 3. The normalized spacial score (nSPS) is 28.1. The lowest BCUT2D eigenvalue weighted by atomic mass is 9.73. The van der Waals surface area contributed by atoms with Gasteiger partial charge in [0.25, 0.3) is 5.91 Å². The summed E-state index contributed by atoms with van der Waals surface area (Å²) in [5, 5.41) is 15.6. The molecular formula is C23H34F3N3O6. The van der Waals surface area contributed by atoms with Crippen molar-refractivity contribution in [3.05, 3.63) is 0 Å². The minimum atomic E-state index is -5.02. The van der Waals surface area contributed by atoms with E-state index in [4.69, 9.17) is 0 Å². The summed E-state index contributed by atoms with van der Waals surface area (Å²) in [7, 11) is 0. The number of hydrogen-bond acceptors (Lipinski definition) is 6. The molecular weight excluding hydrogens is 471 g/mol. The number of ether oxygens (including phenoxy) is 1. The van der Waals surface area contributed by atoms with E-state index < -0.39 is 54.7 Å². The van der Waals surface area contributed by atoms with Gasteiger partial charge in [-0.05, 0) is 56.8 Å². The van der Waals surface area contributed by atoms with Gasteiger partial charge in [-0.2, -0.15) is 0 Å². The third-order valence-corrected chi connectivity index (χ3v) is 7.15. The van der Waals surface area contributed by atoms with E-state index in [1.54, 1.807) is 0 Å². The second-order valence-corrected chi connectivity index (χ2v) is 10.2. The molecule has 0 aromatic heterocycles. The molecule has 3 amide bonds. The van der Waals surface area contributed by atoms with Gasteiger partial charge in [-0.3, -0.25) is 23.9 Å². The monoisotopic (exact) mass is 505 g/mol. The summed E-state index contributed by atoms with van der Waals surface area (Å²) in [5.74, 6) is -3.32. The third kappa shape index (κ3) is 6.93. The standard InChI is InChI=1S/C23H34F3N3O6/c1-12(2)9-17(30)22(34)29-15-5-3-13(4-6-15)19(29)21(33)28-16(10-14-7-8-27-20(14)32)18(31)11-35-23(24,25)26/h12-17,19,30H,3-11H2,1-2H3,(H,27,32)(H,28,33)/t13?,14-,15?,16-,17+,19+/m0/s1. The molecule has 198 valence electrons. The number of hydrogen-bond donors (Lipinski definition) is 3. The Morgan fingerprint density at radius 1 is 1.17 bits per heavy atom. The Hall–Kier alpha value is -2.21. The second kappa shape index (κ2) is 11.2. The van der Waals surface area contributed by atoms with Gasteiger partial charge in [-0.25, -0.2) is 0 Å². The van der Waals surface area contributed by atoms with Crippen LogP contribution in [0.1, 0.15) is 58.8 Å². The fourth-order valence-corrected chi connectivity index (χ4v) is 5.46. The number of carbonyl (C=O) groups excluding carboxylic acids is 4. The van der Waals surface area contributed by atoms with Crippen molar-refractivity contribution >= 4 is 23.5 Å². The molecule has 3 heterocycles. The van der Waals surface area contributed by atoms with Gasteiger partial charge in [0.2, 0.25) is 11.8 Å². The topological polar surface area (TPSA) is 125 Å². The lowest BCUT2D eigenvalue weighted by molar-refractivity contribution is -0.321. The van der Waals surface area contributed by atoms with Crippen molar-refractivity contribution in [3.8, 4) is 0 Å². The lowest BCUT2D eigenvalue weighted by Crippen LogP contribution is -2.65.